The van der Waals surface area contributed by atoms with Crippen molar-refractivity contribution < 1.29 is 4.79 Å². The lowest BCUT2D eigenvalue weighted by molar-refractivity contribution is -0.129. The van der Waals surface area contributed by atoms with Crippen molar-refractivity contribution in [2.45, 2.75) is 26.4 Å². The van der Waals surface area contributed by atoms with Crippen LogP contribution < -0.4 is 10.2 Å². The van der Waals surface area contributed by atoms with Gasteiger partial charge in [-0.05, 0) is 41.5 Å². The molecule has 34 heavy (non-hydrogen) atoms. The molecule has 1 N–H and O–H groups in total. The van der Waals surface area contributed by atoms with Crippen molar-refractivity contribution in [1.29, 1.82) is 0 Å². The molecule has 4 aromatic rings. The maximum atomic E-state index is 11.8. The Balaban J connectivity index is 1.44. The molecule has 3 aromatic carbocycles. The molecule has 5 nitrogen and oxygen atoms in total. The second-order valence-corrected chi connectivity index (χ2v) is 9.41. The predicted molar refractivity (Wildman–Crippen MR) is 140 cm³/mol. The molecule has 1 saturated heterocycles. The second kappa shape index (κ2) is 9.61. The van der Waals surface area contributed by atoms with Crippen molar-refractivity contribution in [3.05, 3.63) is 82.9 Å². The van der Waals surface area contributed by atoms with E-state index in [2.05, 4.69) is 65.7 Å². The molecule has 0 aliphatic carbocycles. The van der Waals surface area contributed by atoms with Crippen LogP contribution in [0, 0.1) is 0 Å². The van der Waals surface area contributed by atoms with E-state index >= 15 is 0 Å². The van der Waals surface area contributed by atoms with Crippen LogP contribution in [0.2, 0.25) is 5.02 Å². The van der Waals surface area contributed by atoms with Crippen LogP contribution in [0.4, 0.5) is 5.82 Å². The third-order valence-corrected chi connectivity index (χ3v) is 6.98. The summed E-state index contributed by atoms with van der Waals surface area (Å²) in [6, 6.07) is 23.2. The van der Waals surface area contributed by atoms with Crippen molar-refractivity contribution in [3.8, 4) is 0 Å². The summed E-state index contributed by atoms with van der Waals surface area (Å²) in [6.07, 6.45) is 0. The molecule has 0 saturated carbocycles. The molecule has 2 heterocycles. The van der Waals surface area contributed by atoms with E-state index in [9.17, 15) is 4.79 Å². The first kappa shape index (κ1) is 22.6. The number of benzene rings is 3. The largest absolute Gasteiger partial charge is 0.353 e. The number of aromatic nitrogens is 1. The lowest BCUT2D eigenvalue weighted by atomic mass is 9.99. The average molecular weight is 473 g/mol. The molecule has 1 amide bonds. The van der Waals surface area contributed by atoms with Gasteiger partial charge in [-0.2, -0.15) is 0 Å². The summed E-state index contributed by atoms with van der Waals surface area (Å²) < 4.78 is 0. The number of halogens is 1. The topological polar surface area (TPSA) is 48.5 Å². The first-order valence-electron chi connectivity index (χ1n) is 11.8. The van der Waals surface area contributed by atoms with Gasteiger partial charge in [-0.15, -0.1) is 0 Å². The normalized spacial score (nSPS) is 15.1. The summed E-state index contributed by atoms with van der Waals surface area (Å²) in [5.74, 6) is 1.10. The fraction of sp³-hybridized carbons (Fsp3) is 0.286. The standard InChI is InChI=1S/C28H29ClN4O/c1-19(25-9-5-7-21-6-3-4-8-26(21)25)30-18-23-16-22-10-11-24(29)17-27(22)31-28(23)33-14-12-32(13-15-33)20(2)34/h3-11,16-17,19,30H,12-15,18H2,1-2H3. The van der Waals surface area contributed by atoms with Gasteiger partial charge in [0.15, 0.2) is 0 Å². The van der Waals surface area contributed by atoms with Crippen molar-refractivity contribution in [2.24, 2.45) is 0 Å². The fourth-order valence-corrected chi connectivity index (χ4v) is 4.98. The van der Waals surface area contributed by atoms with Crippen molar-refractivity contribution in [1.82, 2.24) is 15.2 Å². The maximum Gasteiger partial charge on any atom is 0.219 e. The van der Waals surface area contributed by atoms with Gasteiger partial charge in [0.2, 0.25) is 5.91 Å². The van der Waals surface area contributed by atoms with E-state index < -0.39 is 0 Å². The number of fused-ring (bicyclic) bond motifs is 2. The van der Waals surface area contributed by atoms with E-state index in [1.165, 1.54) is 16.3 Å². The lowest BCUT2D eigenvalue weighted by Crippen LogP contribution is -2.48. The first-order chi connectivity index (χ1) is 16.5. The van der Waals surface area contributed by atoms with E-state index in [4.69, 9.17) is 16.6 Å². The van der Waals surface area contributed by atoms with Gasteiger partial charge < -0.3 is 15.1 Å². The molecule has 1 aromatic heterocycles. The molecule has 0 spiro atoms. The predicted octanol–water partition coefficient (Wildman–Crippen LogP) is 5.56. The summed E-state index contributed by atoms with van der Waals surface area (Å²) in [6.45, 7) is 7.50. The maximum absolute atomic E-state index is 11.8. The Morgan fingerprint density at radius 3 is 2.56 bits per heavy atom. The molecule has 1 atom stereocenters. The number of rotatable bonds is 5. The van der Waals surface area contributed by atoms with Crippen molar-refractivity contribution in [3.63, 3.8) is 0 Å². The Bertz CT molecular complexity index is 1340. The van der Waals surface area contributed by atoms with Gasteiger partial charge in [0.25, 0.3) is 0 Å². The van der Waals surface area contributed by atoms with Gasteiger partial charge in [0.1, 0.15) is 5.82 Å². The van der Waals surface area contributed by atoms with Crippen LogP contribution in [0.1, 0.15) is 31.0 Å². The smallest absolute Gasteiger partial charge is 0.219 e. The van der Waals surface area contributed by atoms with Gasteiger partial charge in [-0.1, -0.05) is 60.1 Å². The van der Waals surface area contributed by atoms with E-state index in [0.29, 0.717) is 24.7 Å². The number of carbonyl (C=O) groups is 1. The van der Waals surface area contributed by atoms with Crippen LogP contribution in [-0.2, 0) is 11.3 Å². The molecule has 1 unspecified atom stereocenters. The molecule has 5 rings (SSSR count). The Hall–Kier alpha value is -3.15. The van der Waals surface area contributed by atoms with Crippen LogP contribution in [0.25, 0.3) is 21.7 Å². The number of hydrogen-bond donors (Lipinski definition) is 1. The van der Waals surface area contributed by atoms with Crippen molar-refractivity contribution in [2.75, 3.05) is 31.1 Å². The van der Waals surface area contributed by atoms with Gasteiger partial charge in [0, 0.05) is 61.7 Å². The highest BCUT2D eigenvalue weighted by molar-refractivity contribution is 6.31. The minimum atomic E-state index is 0.128. The fourth-order valence-electron chi connectivity index (χ4n) is 4.81. The Kier molecular flexibility index (Phi) is 6.40. The minimum absolute atomic E-state index is 0.128. The number of hydrogen-bond acceptors (Lipinski definition) is 4. The summed E-state index contributed by atoms with van der Waals surface area (Å²) in [7, 11) is 0. The summed E-state index contributed by atoms with van der Waals surface area (Å²) >= 11 is 6.26. The minimum Gasteiger partial charge on any atom is -0.353 e. The summed E-state index contributed by atoms with van der Waals surface area (Å²) in [5.41, 5.74) is 3.33. The molecular weight excluding hydrogens is 444 g/mol. The van der Waals surface area contributed by atoms with Crippen LogP contribution in [-0.4, -0.2) is 42.0 Å². The SMILES string of the molecule is CC(=O)N1CCN(c2nc3cc(Cl)ccc3cc2CNC(C)c2cccc3ccccc23)CC1. The molecule has 0 bridgehead atoms. The van der Waals surface area contributed by atoms with Crippen LogP contribution in [0.5, 0.6) is 0 Å². The van der Waals surface area contributed by atoms with E-state index in [1.807, 2.05) is 23.1 Å². The highest BCUT2D eigenvalue weighted by atomic mass is 35.5. The molecule has 1 aliphatic rings. The number of nitrogens with zero attached hydrogens (tertiary/aromatic N) is 3. The monoisotopic (exact) mass is 472 g/mol. The summed E-state index contributed by atoms with van der Waals surface area (Å²) in [5, 5.41) is 8.02. The van der Waals surface area contributed by atoms with Gasteiger partial charge in [0.05, 0.1) is 5.52 Å². The van der Waals surface area contributed by atoms with E-state index in [0.717, 1.165) is 35.4 Å². The highest BCUT2D eigenvalue weighted by Gasteiger charge is 2.22. The number of nitrogens with one attached hydrogen (secondary N) is 1. The van der Waals surface area contributed by atoms with Crippen molar-refractivity contribution >= 4 is 45.0 Å². The first-order valence-corrected chi connectivity index (χ1v) is 12.2. The Morgan fingerprint density at radius 2 is 1.76 bits per heavy atom. The lowest BCUT2D eigenvalue weighted by Gasteiger charge is -2.36. The zero-order chi connectivity index (χ0) is 23.7. The molecular formula is C28H29ClN4O. The second-order valence-electron chi connectivity index (χ2n) is 8.97. The molecule has 1 fully saturated rings. The highest BCUT2D eigenvalue weighted by Crippen LogP contribution is 2.29. The van der Waals surface area contributed by atoms with Gasteiger partial charge >= 0.3 is 0 Å². The molecule has 6 heteroatoms. The van der Waals surface area contributed by atoms with Gasteiger partial charge in [-0.25, -0.2) is 4.98 Å². The zero-order valence-corrected chi connectivity index (χ0v) is 20.3. The number of anilines is 1. The third-order valence-electron chi connectivity index (χ3n) is 6.75. The average Bonchev–Trinajstić information content (AvgIpc) is 2.86. The van der Waals surface area contributed by atoms with Crippen LogP contribution in [0.3, 0.4) is 0 Å². The zero-order valence-electron chi connectivity index (χ0n) is 19.6. The molecule has 1 aliphatic heterocycles. The van der Waals surface area contributed by atoms with E-state index in [-0.39, 0.29) is 11.9 Å². The summed E-state index contributed by atoms with van der Waals surface area (Å²) in [4.78, 5) is 21.0. The third kappa shape index (κ3) is 4.59. The quantitative estimate of drug-likeness (QED) is 0.413. The number of amides is 1. The van der Waals surface area contributed by atoms with Crippen LogP contribution in [0.15, 0.2) is 66.7 Å². The Morgan fingerprint density at radius 1 is 1.00 bits per heavy atom. The number of piperazine rings is 1. The van der Waals surface area contributed by atoms with Gasteiger partial charge in [-0.3, -0.25) is 4.79 Å². The molecule has 0 radical (unpaired) electrons. The molecule has 174 valence electrons. The Labute approximate surface area is 205 Å². The van der Waals surface area contributed by atoms with Crippen LogP contribution >= 0.6 is 11.6 Å². The number of carbonyl (C=O) groups excluding carboxylic acids is 1. The van der Waals surface area contributed by atoms with E-state index in [1.54, 1.807) is 6.92 Å². The number of pyridine rings is 1.